The van der Waals surface area contributed by atoms with Crippen LogP contribution in [0.3, 0.4) is 0 Å². The average molecular weight is 301 g/mol. The SMILES string of the molecule is CCCN(CCO)C(=O)c1ccc(Br)c(N)c1. The van der Waals surface area contributed by atoms with E-state index < -0.39 is 0 Å². The minimum Gasteiger partial charge on any atom is -0.398 e. The highest BCUT2D eigenvalue weighted by atomic mass is 79.9. The monoisotopic (exact) mass is 300 g/mol. The molecule has 0 unspecified atom stereocenters. The lowest BCUT2D eigenvalue weighted by atomic mass is 10.1. The number of hydrogen-bond donors (Lipinski definition) is 2. The molecule has 0 radical (unpaired) electrons. The number of amides is 1. The van der Waals surface area contributed by atoms with Gasteiger partial charge in [0.2, 0.25) is 0 Å². The summed E-state index contributed by atoms with van der Waals surface area (Å²) in [6, 6.07) is 5.13. The van der Waals surface area contributed by atoms with Crippen molar-refractivity contribution >= 4 is 27.5 Å². The van der Waals surface area contributed by atoms with Crippen LogP contribution in [0.2, 0.25) is 0 Å². The number of nitrogens with zero attached hydrogens (tertiary/aromatic N) is 1. The van der Waals surface area contributed by atoms with E-state index in [1.54, 1.807) is 23.1 Å². The van der Waals surface area contributed by atoms with E-state index in [1.807, 2.05) is 6.92 Å². The smallest absolute Gasteiger partial charge is 0.254 e. The quantitative estimate of drug-likeness (QED) is 0.816. The summed E-state index contributed by atoms with van der Waals surface area (Å²) in [4.78, 5) is 13.8. The van der Waals surface area contributed by atoms with Crippen LogP contribution in [-0.2, 0) is 0 Å². The summed E-state index contributed by atoms with van der Waals surface area (Å²) in [7, 11) is 0. The van der Waals surface area contributed by atoms with Gasteiger partial charge in [0.1, 0.15) is 0 Å². The maximum atomic E-state index is 12.1. The largest absolute Gasteiger partial charge is 0.398 e. The summed E-state index contributed by atoms with van der Waals surface area (Å²) in [5, 5.41) is 8.93. The summed E-state index contributed by atoms with van der Waals surface area (Å²) in [6.07, 6.45) is 0.859. The molecule has 0 saturated carbocycles. The Morgan fingerprint density at radius 3 is 2.71 bits per heavy atom. The fourth-order valence-electron chi connectivity index (χ4n) is 1.56. The fraction of sp³-hybridized carbons (Fsp3) is 0.417. The van der Waals surface area contributed by atoms with Crippen LogP contribution in [0.25, 0.3) is 0 Å². The average Bonchev–Trinajstić information content (AvgIpc) is 2.31. The molecule has 1 amide bonds. The van der Waals surface area contributed by atoms with Gasteiger partial charge in [0.05, 0.1) is 6.61 Å². The van der Waals surface area contributed by atoms with E-state index in [-0.39, 0.29) is 12.5 Å². The highest BCUT2D eigenvalue weighted by molar-refractivity contribution is 9.10. The molecule has 0 aliphatic heterocycles. The van der Waals surface area contributed by atoms with Crippen LogP contribution in [0.1, 0.15) is 23.7 Å². The predicted molar refractivity (Wildman–Crippen MR) is 71.8 cm³/mol. The molecular formula is C12H17BrN2O2. The minimum absolute atomic E-state index is 0.0300. The first-order chi connectivity index (χ1) is 8.10. The highest BCUT2D eigenvalue weighted by Crippen LogP contribution is 2.21. The van der Waals surface area contributed by atoms with Crippen molar-refractivity contribution in [3.63, 3.8) is 0 Å². The van der Waals surface area contributed by atoms with Crippen molar-refractivity contribution < 1.29 is 9.90 Å². The van der Waals surface area contributed by atoms with Crippen LogP contribution in [0.5, 0.6) is 0 Å². The number of carbonyl (C=O) groups is 1. The van der Waals surface area contributed by atoms with E-state index in [1.165, 1.54) is 0 Å². The van der Waals surface area contributed by atoms with Crippen molar-refractivity contribution in [2.45, 2.75) is 13.3 Å². The van der Waals surface area contributed by atoms with Crippen molar-refractivity contribution in [2.24, 2.45) is 0 Å². The molecule has 0 saturated heterocycles. The highest BCUT2D eigenvalue weighted by Gasteiger charge is 2.15. The number of aliphatic hydroxyl groups is 1. The molecule has 0 aromatic heterocycles. The maximum absolute atomic E-state index is 12.1. The maximum Gasteiger partial charge on any atom is 0.254 e. The summed E-state index contributed by atoms with van der Waals surface area (Å²) in [5.74, 6) is -0.0971. The van der Waals surface area contributed by atoms with E-state index in [0.717, 1.165) is 10.9 Å². The molecule has 3 N–H and O–H groups in total. The van der Waals surface area contributed by atoms with Crippen molar-refractivity contribution in [3.8, 4) is 0 Å². The first-order valence-electron chi connectivity index (χ1n) is 5.55. The van der Waals surface area contributed by atoms with Crippen LogP contribution in [0.4, 0.5) is 5.69 Å². The van der Waals surface area contributed by atoms with Gasteiger partial charge < -0.3 is 15.7 Å². The van der Waals surface area contributed by atoms with E-state index in [0.29, 0.717) is 24.3 Å². The van der Waals surface area contributed by atoms with Gasteiger partial charge in [0, 0.05) is 28.8 Å². The second-order valence-corrected chi connectivity index (χ2v) is 4.61. The summed E-state index contributed by atoms with van der Waals surface area (Å²) in [5.41, 5.74) is 6.83. The standard InChI is InChI=1S/C12H17BrN2O2/c1-2-5-15(6-7-16)12(17)9-3-4-10(13)11(14)8-9/h3-4,8,16H,2,5-7,14H2,1H3. The molecule has 17 heavy (non-hydrogen) atoms. The Bertz CT molecular complexity index is 390. The van der Waals surface area contributed by atoms with Gasteiger partial charge in [0.15, 0.2) is 0 Å². The Hall–Kier alpha value is -1.07. The zero-order chi connectivity index (χ0) is 12.8. The number of nitrogen functional groups attached to an aromatic ring is 1. The van der Waals surface area contributed by atoms with Crippen LogP contribution < -0.4 is 5.73 Å². The van der Waals surface area contributed by atoms with Crippen LogP contribution >= 0.6 is 15.9 Å². The van der Waals surface area contributed by atoms with Gasteiger partial charge in [-0.05, 0) is 40.5 Å². The molecule has 0 spiro atoms. The number of carbonyl (C=O) groups excluding carboxylic acids is 1. The molecule has 4 nitrogen and oxygen atoms in total. The normalized spacial score (nSPS) is 10.3. The Morgan fingerprint density at radius 2 is 2.18 bits per heavy atom. The van der Waals surface area contributed by atoms with E-state index in [4.69, 9.17) is 10.8 Å². The Balaban J connectivity index is 2.88. The first-order valence-corrected chi connectivity index (χ1v) is 6.34. The third-order valence-corrected chi connectivity index (χ3v) is 3.12. The molecule has 0 aliphatic carbocycles. The van der Waals surface area contributed by atoms with Crippen molar-refractivity contribution in [3.05, 3.63) is 28.2 Å². The van der Waals surface area contributed by atoms with Gasteiger partial charge in [0.25, 0.3) is 5.91 Å². The van der Waals surface area contributed by atoms with Gasteiger partial charge >= 0.3 is 0 Å². The third kappa shape index (κ3) is 3.71. The molecule has 1 aromatic carbocycles. The van der Waals surface area contributed by atoms with E-state index in [9.17, 15) is 4.79 Å². The second-order valence-electron chi connectivity index (χ2n) is 3.75. The van der Waals surface area contributed by atoms with E-state index >= 15 is 0 Å². The van der Waals surface area contributed by atoms with Crippen molar-refractivity contribution in [1.29, 1.82) is 0 Å². The van der Waals surface area contributed by atoms with Crippen LogP contribution in [-0.4, -0.2) is 35.6 Å². The minimum atomic E-state index is -0.0971. The molecule has 1 aromatic rings. The van der Waals surface area contributed by atoms with Crippen molar-refractivity contribution in [1.82, 2.24) is 4.90 Å². The number of anilines is 1. The lowest BCUT2D eigenvalue weighted by Gasteiger charge is -2.21. The van der Waals surface area contributed by atoms with Gasteiger partial charge in [-0.25, -0.2) is 0 Å². The first kappa shape index (κ1) is 14.0. The van der Waals surface area contributed by atoms with Gasteiger partial charge in [-0.2, -0.15) is 0 Å². The Morgan fingerprint density at radius 1 is 1.47 bits per heavy atom. The van der Waals surface area contributed by atoms with E-state index in [2.05, 4.69) is 15.9 Å². The van der Waals surface area contributed by atoms with Crippen LogP contribution in [0.15, 0.2) is 22.7 Å². The van der Waals surface area contributed by atoms with Gasteiger partial charge in [-0.3, -0.25) is 4.79 Å². The third-order valence-electron chi connectivity index (χ3n) is 2.39. The Labute approximate surface area is 110 Å². The topological polar surface area (TPSA) is 66.6 Å². The zero-order valence-electron chi connectivity index (χ0n) is 9.82. The fourth-order valence-corrected chi connectivity index (χ4v) is 1.81. The number of aliphatic hydroxyl groups excluding tert-OH is 1. The number of halogens is 1. The number of rotatable bonds is 5. The Kier molecular flexibility index (Phi) is 5.44. The number of benzene rings is 1. The molecule has 1 rings (SSSR count). The molecule has 0 heterocycles. The molecule has 94 valence electrons. The molecule has 0 bridgehead atoms. The molecule has 0 atom stereocenters. The summed E-state index contributed by atoms with van der Waals surface area (Å²) in [6.45, 7) is 2.95. The molecule has 0 aliphatic rings. The zero-order valence-corrected chi connectivity index (χ0v) is 11.4. The molecule has 0 fully saturated rings. The summed E-state index contributed by atoms with van der Waals surface area (Å²) < 4.78 is 0.776. The lowest BCUT2D eigenvalue weighted by molar-refractivity contribution is 0.0722. The second kappa shape index (κ2) is 6.61. The van der Waals surface area contributed by atoms with Crippen molar-refractivity contribution in [2.75, 3.05) is 25.4 Å². The molecular weight excluding hydrogens is 284 g/mol. The summed E-state index contributed by atoms with van der Waals surface area (Å²) >= 11 is 3.29. The van der Waals surface area contributed by atoms with Gasteiger partial charge in [-0.1, -0.05) is 6.92 Å². The number of nitrogens with two attached hydrogens (primary N) is 1. The lowest BCUT2D eigenvalue weighted by Crippen LogP contribution is -2.34. The predicted octanol–water partition coefficient (Wildman–Crippen LogP) is 1.88. The van der Waals surface area contributed by atoms with Crippen LogP contribution in [0, 0.1) is 0 Å². The molecule has 5 heteroatoms. The number of hydrogen-bond acceptors (Lipinski definition) is 3. The van der Waals surface area contributed by atoms with Gasteiger partial charge in [-0.15, -0.1) is 0 Å².